The van der Waals surface area contributed by atoms with E-state index in [0.717, 1.165) is 5.06 Å². The Morgan fingerprint density at radius 1 is 1.67 bits per heavy atom. The van der Waals surface area contributed by atoms with Crippen molar-refractivity contribution in [2.45, 2.75) is 6.17 Å². The fraction of sp³-hybridized carbons (Fsp3) is 0.333. The molecule has 52 valence electrons. The Kier molecular flexibility index (Phi) is 3.96. The molecule has 3 N–H and O–H groups in total. The zero-order chi connectivity index (χ0) is 7.28. The van der Waals surface area contributed by atoms with E-state index in [1.165, 1.54) is 6.08 Å². The van der Waals surface area contributed by atoms with Crippen molar-refractivity contribution in [3.63, 3.8) is 0 Å². The van der Waals surface area contributed by atoms with E-state index in [2.05, 4.69) is 13.2 Å². The van der Waals surface area contributed by atoms with Crippen LogP contribution in [0.1, 0.15) is 0 Å². The summed E-state index contributed by atoms with van der Waals surface area (Å²) in [6.07, 6.45) is 2.51. The molecule has 0 aromatic heterocycles. The normalized spacial score (nSPS) is 13.2. The standard InChI is InChI=1S/C6H12N2O/c1-3-5-8(9)6(7)4-2/h3-4,6,9H,1-2,5,7H2. The van der Waals surface area contributed by atoms with E-state index in [4.69, 9.17) is 10.9 Å². The lowest BCUT2D eigenvalue weighted by atomic mass is 10.4. The van der Waals surface area contributed by atoms with Crippen LogP contribution < -0.4 is 5.73 Å². The lowest BCUT2D eigenvalue weighted by Gasteiger charge is -2.16. The predicted octanol–water partition coefficient (Wildman–Crippen LogP) is 0.334. The smallest absolute Gasteiger partial charge is 0.100 e. The molecule has 0 aliphatic heterocycles. The molecule has 3 nitrogen and oxygen atoms in total. The van der Waals surface area contributed by atoms with Gasteiger partial charge in [0.1, 0.15) is 6.17 Å². The first-order valence-electron chi connectivity index (χ1n) is 2.67. The molecular weight excluding hydrogens is 116 g/mol. The van der Waals surface area contributed by atoms with E-state index in [0.29, 0.717) is 6.54 Å². The molecule has 9 heavy (non-hydrogen) atoms. The van der Waals surface area contributed by atoms with Crippen LogP contribution in [0, 0.1) is 0 Å². The van der Waals surface area contributed by atoms with Crippen molar-refractivity contribution in [1.29, 1.82) is 0 Å². The molecule has 3 heteroatoms. The molecule has 0 radical (unpaired) electrons. The number of rotatable bonds is 4. The summed E-state index contributed by atoms with van der Waals surface area (Å²) in [5.41, 5.74) is 5.31. The van der Waals surface area contributed by atoms with Crippen LogP contribution in [-0.2, 0) is 0 Å². The van der Waals surface area contributed by atoms with E-state index in [-0.39, 0.29) is 0 Å². The van der Waals surface area contributed by atoms with Crippen LogP contribution in [0.25, 0.3) is 0 Å². The van der Waals surface area contributed by atoms with Crippen LogP contribution in [0.3, 0.4) is 0 Å². The summed E-state index contributed by atoms with van der Waals surface area (Å²) in [5.74, 6) is 0. The second-order valence-electron chi connectivity index (χ2n) is 1.64. The monoisotopic (exact) mass is 128 g/mol. The van der Waals surface area contributed by atoms with E-state index < -0.39 is 6.17 Å². The van der Waals surface area contributed by atoms with Gasteiger partial charge in [0.2, 0.25) is 0 Å². The highest BCUT2D eigenvalue weighted by Gasteiger charge is 2.02. The summed E-state index contributed by atoms with van der Waals surface area (Å²) in [4.78, 5) is 0. The fourth-order valence-corrected chi connectivity index (χ4v) is 0.376. The summed E-state index contributed by atoms with van der Waals surface area (Å²) < 4.78 is 0. The third-order valence-corrected chi connectivity index (χ3v) is 0.902. The van der Waals surface area contributed by atoms with Gasteiger partial charge in [-0.1, -0.05) is 12.2 Å². The molecule has 0 spiro atoms. The Hall–Kier alpha value is -0.640. The van der Waals surface area contributed by atoms with Crippen LogP contribution in [0.5, 0.6) is 0 Å². The largest absolute Gasteiger partial charge is 0.312 e. The Morgan fingerprint density at radius 2 is 2.22 bits per heavy atom. The topological polar surface area (TPSA) is 49.5 Å². The van der Waals surface area contributed by atoms with Gasteiger partial charge >= 0.3 is 0 Å². The van der Waals surface area contributed by atoms with Crippen molar-refractivity contribution in [3.8, 4) is 0 Å². The van der Waals surface area contributed by atoms with Crippen molar-refractivity contribution in [2.75, 3.05) is 6.54 Å². The number of hydrogen-bond acceptors (Lipinski definition) is 3. The minimum atomic E-state index is -0.497. The van der Waals surface area contributed by atoms with Crippen molar-refractivity contribution >= 4 is 0 Å². The molecule has 1 atom stereocenters. The molecule has 0 fully saturated rings. The van der Waals surface area contributed by atoms with E-state index >= 15 is 0 Å². The van der Waals surface area contributed by atoms with Gasteiger partial charge in [0.25, 0.3) is 0 Å². The van der Waals surface area contributed by atoms with Gasteiger partial charge in [-0.05, 0) is 0 Å². The van der Waals surface area contributed by atoms with Crippen molar-refractivity contribution < 1.29 is 5.21 Å². The Bertz CT molecular complexity index is 103. The Morgan fingerprint density at radius 3 is 2.56 bits per heavy atom. The lowest BCUT2D eigenvalue weighted by Crippen LogP contribution is -2.37. The number of nitrogens with two attached hydrogens (primary N) is 1. The molecular formula is C6H12N2O. The summed E-state index contributed by atoms with van der Waals surface area (Å²) in [6, 6.07) is 0. The second kappa shape index (κ2) is 4.26. The third-order valence-electron chi connectivity index (χ3n) is 0.902. The predicted molar refractivity (Wildman–Crippen MR) is 36.9 cm³/mol. The van der Waals surface area contributed by atoms with Gasteiger partial charge in [0.15, 0.2) is 0 Å². The highest BCUT2D eigenvalue weighted by Crippen LogP contribution is 1.87. The van der Waals surface area contributed by atoms with Gasteiger partial charge in [-0.15, -0.1) is 13.2 Å². The third kappa shape index (κ3) is 3.03. The van der Waals surface area contributed by atoms with Gasteiger partial charge < -0.3 is 10.9 Å². The molecule has 0 bridgehead atoms. The highest BCUT2D eigenvalue weighted by atomic mass is 16.5. The molecule has 0 heterocycles. The molecule has 0 aliphatic rings. The molecule has 0 rings (SSSR count). The first-order valence-corrected chi connectivity index (χ1v) is 2.67. The quantitative estimate of drug-likeness (QED) is 0.326. The summed E-state index contributed by atoms with van der Waals surface area (Å²) >= 11 is 0. The maximum absolute atomic E-state index is 8.88. The second-order valence-corrected chi connectivity index (χ2v) is 1.64. The van der Waals surface area contributed by atoms with Crippen LogP contribution >= 0.6 is 0 Å². The molecule has 0 saturated heterocycles. The molecule has 1 unspecified atom stereocenters. The van der Waals surface area contributed by atoms with Crippen LogP contribution in [0.15, 0.2) is 25.3 Å². The first-order chi connectivity index (χ1) is 4.22. The zero-order valence-corrected chi connectivity index (χ0v) is 5.33. The maximum Gasteiger partial charge on any atom is 0.100 e. The van der Waals surface area contributed by atoms with Gasteiger partial charge in [-0.25, -0.2) is 0 Å². The highest BCUT2D eigenvalue weighted by molar-refractivity contribution is 4.82. The van der Waals surface area contributed by atoms with E-state index in [1.54, 1.807) is 6.08 Å². The van der Waals surface area contributed by atoms with E-state index in [1.807, 2.05) is 0 Å². The number of hydrogen-bond donors (Lipinski definition) is 2. The summed E-state index contributed by atoms with van der Waals surface area (Å²) in [5, 5.41) is 9.83. The molecule has 0 aromatic carbocycles. The molecule has 0 saturated carbocycles. The SMILES string of the molecule is C=CCN(O)C(N)C=C. The maximum atomic E-state index is 8.88. The fourth-order valence-electron chi connectivity index (χ4n) is 0.376. The van der Waals surface area contributed by atoms with Gasteiger partial charge in [-0.3, -0.25) is 0 Å². The average Bonchev–Trinajstić information content (AvgIpc) is 1.87. The van der Waals surface area contributed by atoms with Crippen molar-refractivity contribution in [1.82, 2.24) is 5.06 Å². The first kappa shape index (κ1) is 8.36. The minimum absolute atomic E-state index is 0.354. The van der Waals surface area contributed by atoms with Crippen molar-refractivity contribution in [3.05, 3.63) is 25.3 Å². The molecule has 0 aliphatic carbocycles. The van der Waals surface area contributed by atoms with Gasteiger partial charge in [0.05, 0.1) is 0 Å². The lowest BCUT2D eigenvalue weighted by molar-refractivity contribution is -0.101. The Labute approximate surface area is 55.0 Å². The minimum Gasteiger partial charge on any atom is -0.312 e. The van der Waals surface area contributed by atoms with Crippen LogP contribution in [0.4, 0.5) is 0 Å². The zero-order valence-electron chi connectivity index (χ0n) is 5.33. The van der Waals surface area contributed by atoms with Crippen molar-refractivity contribution in [2.24, 2.45) is 5.73 Å². The number of hydroxylamine groups is 2. The number of nitrogens with zero attached hydrogens (tertiary/aromatic N) is 1. The van der Waals surface area contributed by atoms with Crippen LogP contribution in [-0.4, -0.2) is 23.0 Å². The molecule has 0 aromatic rings. The van der Waals surface area contributed by atoms with E-state index in [9.17, 15) is 0 Å². The summed E-state index contributed by atoms with van der Waals surface area (Å²) in [6.45, 7) is 7.18. The van der Waals surface area contributed by atoms with Crippen LogP contribution in [0.2, 0.25) is 0 Å². The summed E-state index contributed by atoms with van der Waals surface area (Å²) in [7, 11) is 0. The van der Waals surface area contributed by atoms with Gasteiger partial charge in [0, 0.05) is 6.54 Å². The molecule has 0 amide bonds. The Balaban J connectivity index is 3.56. The van der Waals surface area contributed by atoms with Gasteiger partial charge in [-0.2, -0.15) is 5.06 Å². The average molecular weight is 128 g/mol.